The summed E-state index contributed by atoms with van der Waals surface area (Å²) in [4.78, 5) is 11.2. The third-order valence-corrected chi connectivity index (χ3v) is 2.75. The normalized spacial score (nSPS) is 14.1. The quantitative estimate of drug-likeness (QED) is 0.355. The summed E-state index contributed by atoms with van der Waals surface area (Å²) < 4.78 is 4.54. The number of aliphatic hydroxyl groups excluding tert-OH is 2. The van der Waals surface area contributed by atoms with Crippen molar-refractivity contribution in [2.45, 2.75) is 12.2 Å². The Hall–Kier alpha value is -1.24. The van der Waals surface area contributed by atoms with Crippen molar-refractivity contribution in [2.75, 3.05) is 18.6 Å². The Balaban J connectivity index is 3.01. The summed E-state index contributed by atoms with van der Waals surface area (Å²) in [5.41, 5.74) is 6.58. The van der Waals surface area contributed by atoms with Crippen molar-refractivity contribution in [3.63, 3.8) is 0 Å². The summed E-state index contributed by atoms with van der Waals surface area (Å²) in [5, 5.41) is 19.2. The standard InChI is InChI=1S/C11H15NO4S/c1-16-11(15)6-2-3-7(8(12)4-6)10(14)9(13)5-17/h2-4,9-10,13-14,17H,5,12H2,1H3. The Morgan fingerprint density at radius 1 is 1.53 bits per heavy atom. The molecule has 0 amide bonds. The third-order valence-electron chi connectivity index (χ3n) is 2.38. The number of thiol groups is 1. The van der Waals surface area contributed by atoms with Crippen LogP contribution >= 0.6 is 12.6 Å². The molecule has 0 aromatic heterocycles. The molecule has 2 atom stereocenters. The zero-order chi connectivity index (χ0) is 13.0. The van der Waals surface area contributed by atoms with Crippen LogP contribution in [0.4, 0.5) is 5.69 Å². The van der Waals surface area contributed by atoms with E-state index in [4.69, 9.17) is 5.73 Å². The number of methoxy groups -OCH3 is 1. The zero-order valence-corrected chi connectivity index (χ0v) is 10.2. The molecule has 0 heterocycles. The molecule has 0 fully saturated rings. The minimum absolute atomic E-state index is 0.110. The smallest absolute Gasteiger partial charge is 0.337 e. The number of carbonyl (C=O) groups is 1. The van der Waals surface area contributed by atoms with E-state index < -0.39 is 18.2 Å². The van der Waals surface area contributed by atoms with Crippen LogP contribution in [0.15, 0.2) is 18.2 Å². The molecule has 2 unspecified atom stereocenters. The van der Waals surface area contributed by atoms with Crippen LogP contribution in [0.5, 0.6) is 0 Å². The van der Waals surface area contributed by atoms with E-state index in [0.717, 1.165) is 0 Å². The first-order valence-corrected chi connectivity index (χ1v) is 5.59. The van der Waals surface area contributed by atoms with Gasteiger partial charge in [0.1, 0.15) is 6.10 Å². The highest BCUT2D eigenvalue weighted by Gasteiger charge is 2.20. The van der Waals surface area contributed by atoms with Gasteiger partial charge in [0, 0.05) is 17.0 Å². The Morgan fingerprint density at radius 2 is 2.18 bits per heavy atom. The lowest BCUT2D eigenvalue weighted by Gasteiger charge is -2.18. The Morgan fingerprint density at radius 3 is 2.65 bits per heavy atom. The Kier molecular flexibility index (Phi) is 4.80. The van der Waals surface area contributed by atoms with Gasteiger partial charge in [-0.05, 0) is 12.1 Å². The van der Waals surface area contributed by atoms with E-state index in [2.05, 4.69) is 17.4 Å². The van der Waals surface area contributed by atoms with Crippen molar-refractivity contribution in [2.24, 2.45) is 0 Å². The van der Waals surface area contributed by atoms with Gasteiger partial charge in [-0.25, -0.2) is 4.79 Å². The van der Waals surface area contributed by atoms with E-state index in [1.807, 2.05) is 0 Å². The Labute approximate surface area is 105 Å². The van der Waals surface area contributed by atoms with E-state index in [1.54, 1.807) is 0 Å². The van der Waals surface area contributed by atoms with E-state index in [-0.39, 0.29) is 11.4 Å². The van der Waals surface area contributed by atoms with Gasteiger partial charge in [-0.2, -0.15) is 12.6 Å². The number of benzene rings is 1. The second kappa shape index (κ2) is 5.90. The largest absolute Gasteiger partial charge is 0.465 e. The van der Waals surface area contributed by atoms with Crippen LogP contribution in [0.2, 0.25) is 0 Å². The number of nitrogen functional groups attached to an aromatic ring is 1. The molecule has 0 bridgehead atoms. The molecule has 1 aromatic rings. The minimum atomic E-state index is -1.13. The summed E-state index contributed by atoms with van der Waals surface area (Å²) in [5.74, 6) is -0.396. The summed E-state index contributed by atoms with van der Waals surface area (Å²) >= 11 is 3.88. The lowest BCUT2D eigenvalue weighted by molar-refractivity contribution is 0.0342. The monoisotopic (exact) mass is 257 g/mol. The van der Waals surface area contributed by atoms with Gasteiger partial charge in [0.15, 0.2) is 0 Å². The van der Waals surface area contributed by atoms with Gasteiger partial charge < -0.3 is 20.7 Å². The zero-order valence-electron chi connectivity index (χ0n) is 9.33. The summed E-state index contributed by atoms with van der Waals surface area (Å²) in [6.07, 6.45) is -2.14. The number of hydrogen-bond donors (Lipinski definition) is 4. The molecule has 0 saturated carbocycles. The summed E-state index contributed by atoms with van der Waals surface area (Å²) in [7, 11) is 1.27. The van der Waals surface area contributed by atoms with Crippen LogP contribution in [-0.4, -0.2) is 35.1 Å². The fourth-order valence-corrected chi connectivity index (χ4v) is 1.60. The number of hydrogen-bond acceptors (Lipinski definition) is 6. The van der Waals surface area contributed by atoms with E-state index in [0.29, 0.717) is 11.1 Å². The minimum Gasteiger partial charge on any atom is -0.465 e. The van der Waals surface area contributed by atoms with Gasteiger partial charge in [0.2, 0.25) is 0 Å². The van der Waals surface area contributed by atoms with Crippen molar-refractivity contribution in [3.05, 3.63) is 29.3 Å². The molecule has 1 rings (SSSR count). The first-order chi connectivity index (χ1) is 8.01. The molecule has 4 N–H and O–H groups in total. The highest BCUT2D eigenvalue weighted by atomic mass is 32.1. The number of rotatable bonds is 4. The van der Waals surface area contributed by atoms with Crippen LogP contribution in [0, 0.1) is 0 Å². The third kappa shape index (κ3) is 3.12. The van der Waals surface area contributed by atoms with Crippen molar-refractivity contribution in [1.82, 2.24) is 0 Å². The molecule has 0 aliphatic rings. The van der Waals surface area contributed by atoms with Gasteiger partial charge in [-0.3, -0.25) is 0 Å². The van der Waals surface area contributed by atoms with Crippen molar-refractivity contribution >= 4 is 24.3 Å². The first-order valence-electron chi connectivity index (χ1n) is 4.96. The average Bonchev–Trinajstić information content (AvgIpc) is 2.35. The lowest BCUT2D eigenvalue weighted by Crippen LogP contribution is -2.21. The van der Waals surface area contributed by atoms with Crippen molar-refractivity contribution in [1.29, 1.82) is 0 Å². The predicted molar refractivity (Wildman–Crippen MR) is 67.0 cm³/mol. The van der Waals surface area contributed by atoms with Crippen molar-refractivity contribution in [3.8, 4) is 0 Å². The number of aliphatic hydroxyl groups is 2. The van der Waals surface area contributed by atoms with Crippen LogP contribution in [0.3, 0.4) is 0 Å². The van der Waals surface area contributed by atoms with Crippen molar-refractivity contribution < 1.29 is 19.7 Å². The first kappa shape index (κ1) is 13.8. The van der Waals surface area contributed by atoms with Gasteiger partial charge in [-0.1, -0.05) is 6.07 Å². The Bertz CT molecular complexity index is 410. The van der Waals surface area contributed by atoms with Crippen LogP contribution in [0.25, 0.3) is 0 Å². The van der Waals surface area contributed by atoms with Crippen LogP contribution in [0.1, 0.15) is 22.0 Å². The predicted octanol–water partition coefficient (Wildman–Crippen LogP) is 0.380. The van der Waals surface area contributed by atoms with Crippen LogP contribution in [-0.2, 0) is 4.74 Å². The maximum atomic E-state index is 11.2. The molecule has 0 aliphatic carbocycles. The van der Waals surface area contributed by atoms with E-state index in [1.165, 1.54) is 25.3 Å². The molecular weight excluding hydrogens is 242 g/mol. The number of anilines is 1. The molecule has 94 valence electrons. The van der Waals surface area contributed by atoms with E-state index in [9.17, 15) is 15.0 Å². The molecule has 17 heavy (non-hydrogen) atoms. The van der Waals surface area contributed by atoms with Gasteiger partial charge in [0.25, 0.3) is 0 Å². The molecule has 0 aliphatic heterocycles. The fourth-order valence-electron chi connectivity index (χ4n) is 1.40. The van der Waals surface area contributed by atoms with Gasteiger partial charge in [0.05, 0.1) is 18.8 Å². The highest BCUT2D eigenvalue weighted by molar-refractivity contribution is 7.80. The summed E-state index contributed by atoms with van der Waals surface area (Å²) in [6, 6.07) is 4.36. The fraction of sp³-hybridized carbons (Fsp3) is 0.364. The topological polar surface area (TPSA) is 92.8 Å². The summed E-state index contributed by atoms with van der Waals surface area (Å²) in [6.45, 7) is 0. The number of carbonyl (C=O) groups excluding carboxylic acids is 1. The number of ether oxygens (including phenoxy) is 1. The highest BCUT2D eigenvalue weighted by Crippen LogP contribution is 2.25. The molecule has 0 radical (unpaired) electrons. The maximum Gasteiger partial charge on any atom is 0.337 e. The van der Waals surface area contributed by atoms with Gasteiger partial charge >= 0.3 is 5.97 Å². The molecule has 0 saturated heterocycles. The maximum absolute atomic E-state index is 11.2. The lowest BCUT2D eigenvalue weighted by atomic mass is 10.0. The second-order valence-electron chi connectivity index (χ2n) is 3.53. The molecular formula is C11H15NO4S. The average molecular weight is 257 g/mol. The molecule has 1 aromatic carbocycles. The molecule has 0 spiro atoms. The van der Waals surface area contributed by atoms with E-state index >= 15 is 0 Å². The second-order valence-corrected chi connectivity index (χ2v) is 3.90. The number of nitrogens with two attached hydrogens (primary N) is 1. The van der Waals surface area contributed by atoms with Crippen LogP contribution < -0.4 is 5.73 Å². The number of esters is 1. The molecule has 6 heteroatoms. The van der Waals surface area contributed by atoms with Gasteiger partial charge in [-0.15, -0.1) is 0 Å². The molecule has 5 nitrogen and oxygen atoms in total. The SMILES string of the molecule is COC(=O)c1ccc(C(O)C(O)CS)c(N)c1.